The zero-order valence-corrected chi connectivity index (χ0v) is 18.4. The molecule has 0 aliphatic heterocycles. The molecule has 2 rings (SSSR count). The molecular weight excluding hydrogens is 378 g/mol. The van der Waals surface area contributed by atoms with Crippen molar-refractivity contribution in [2.45, 2.75) is 40.0 Å². The topological polar surface area (TPSA) is 56.8 Å². The van der Waals surface area contributed by atoms with Gasteiger partial charge < -0.3 is 19.5 Å². The highest BCUT2D eigenvalue weighted by Gasteiger charge is 2.06. The number of unbranched alkanes of at least 4 members (excludes halogenated alkanes) is 1. The number of hydrogen-bond acceptors (Lipinski definition) is 4. The minimum atomic E-state index is -0.203. The molecule has 0 atom stereocenters. The summed E-state index contributed by atoms with van der Waals surface area (Å²) in [5.41, 5.74) is 1.58. The van der Waals surface area contributed by atoms with E-state index in [0.29, 0.717) is 30.6 Å². The molecule has 1 amide bonds. The van der Waals surface area contributed by atoms with Gasteiger partial charge in [-0.3, -0.25) is 4.79 Å². The van der Waals surface area contributed by atoms with Gasteiger partial charge in [-0.05, 0) is 66.8 Å². The van der Waals surface area contributed by atoms with Gasteiger partial charge in [-0.1, -0.05) is 33.3 Å². The monoisotopic (exact) mass is 411 g/mol. The van der Waals surface area contributed by atoms with Crippen LogP contribution < -0.4 is 19.5 Å². The lowest BCUT2D eigenvalue weighted by molar-refractivity contribution is -0.111. The van der Waals surface area contributed by atoms with E-state index in [1.54, 1.807) is 13.2 Å². The van der Waals surface area contributed by atoms with Gasteiger partial charge in [-0.15, -0.1) is 0 Å². The molecule has 0 spiro atoms. The van der Waals surface area contributed by atoms with Crippen LogP contribution in [0.4, 0.5) is 5.69 Å². The largest absolute Gasteiger partial charge is 0.494 e. The van der Waals surface area contributed by atoms with E-state index >= 15 is 0 Å². The van der Waals surface area contributed by atoms with Crippen LogP contribution in [0.1, 0.15) is 45.6 Å². The SMILES string of the molecule is CCCCOc1ccc(NC(=O)/C=C/c2ccc(OCCC(C)C)c(OC)c2)cc1. The third-order valence-corrected chi connectivity index (χ3v) is 4.46. The normalized spacial score (nSPS) is 11.0. The molecule has 2 aromatic carbocycles. The van der Waals surface area contributed by atoms with Crippen molar-refractivity contribution in [2.75, 3.05) is 25.6 Å². The van der Waals surface area contributed by atoms with Gasteiger partial charge in [0, 0.05) is 11.8 Å². The van der Waals surface area contributed by atoms with Gasteiger partial charge >= 0.3 is 0 Å². The van der Waals surface area contributed by atoms with E-state index in [0.717, 1.165) is 36.3 Å². The van der Waals surface area contributed by atoms with Gasteiger partial charge in [-0.2, -0.15) is 0 Å². The molecule has 30 heavy (non-hydrogen) atoms. The van der Waals surface area contributed by atoms with E-state index in [4.69, 9.17) is 14.2 Å². The number of rotatable bonds is 12. The Bertz CT molecular complexity index is 812. The van der Waals surface area contributed by atoms with Gasteiger partial charge in [0.05, 0.1) is 20.3 Å². The fourth-order valence-corrected chi connectivity index (χ4v) is 2.64. The summed E-state index contributed by atoms with van der Waals surface area (Å²) in [6, 6.07) is 13.0. The van der Waals surface area contributed by atoms with Crippen LogP contribution in [0.15, 0.2) is 48.5 Å². The highest BCUT2D eigenvalue weighted by atomic mass is 16.5. The first-order chi connectivity index (χ1) is 14.5. The van der Waals surface area contributed by atoms with Crippen molar-refractivity contribution in [3.8, 4) is 17.2 Å². The van der Waals surface area contributed by atoms with Crippen molar-refractivity contribution >= 4 is 17.7 Å². The van der Waals surface area contributed by atoms with Crippen LogP contribution in [0.3, 0.4) is 0 Å². The van der Waals surface area contributed by atoms with Crippen molar-refractivity contribution in [3.63, 3.8) is 0 Å². The highest BCUT2D eigenvalue weighted by molar-refractivity contribution is 6.01. The van der Waals surface area contributed by atoms with Crippen LogP contribution in [0.2, 0.25) is 0 Å². The maximum Gasteiger partial charge on any atom is 0.248 e. The number of anilines is 1. The Morgan fingerprint density at radius 2 is 1.80 bits per heavy atom. The number of hydrogen-bond donors (Lipinski definition) is 1. The molecule has 0 aromatic heterocycles. The average molecular weight is 412 g/mol. The first kappa shape index (κ1) is 23.3. The van der Waals surface area contributed by atoms with Crippen LogP contribution >= 0.6 is 0 Å². The molecule has 0 heterocycles. The van der Waals surface area contributed by atoms with Gasteiger partial charge in [-0.25, -0.2) is 0 Å². The fraction of sp³-hybridized carbons (Fsp3) is 0.400. The number of nitrogens with one attached hydrogen (secondary N) is 1. The second kappa shape index (κ2) is 12.6. The zero-order valence-electron chi connectivity index (χ0n) is 18.4. The van der Waals surface area contributed by atoms with E-state index in [-0.39, 0.29) is 5.91 Å². The minimum Gasteiger partial charge on any atom is -0.494 e. The van der Waals surface area contributed by atoms with Crippen molar-refractivity contribution in [1.82, 2.24) is 0 Å². The number of amides is 1. The summed E-state index contributed by atoms with van der Waals surface area (Å²) >= 11 is 0. The first-order valence-electron chi connectivity index (χ1n) is 10.5. The quantitative estimate of drug-likeness (QED) is 0.346. The molecule has 162 valence electrons. The van der Waals surface area contributed by atoms with Gasteiger partial charge in [0.1, 0.15) is 5.75 Å². The van der Waals surface area contributed by atoms with E-state index in [1.165, 1.54) is 6.08 Å². The predicted octanol–water partition coefficient (Wildman–Crippen LogP) is 5.95. The van der Waals surface area contributed by atoms with Crippen molar-refractivity contribution < 1.29 is 19.0 Å². The van der Waals surface area contributed by atoms with E-state index in [2.05, 4.69) is 26.1 Å². The summed E-state index contributed by atoms with van der Waals surface area (Å²) in [6.07, 6.45) is 6.36. The van der Waals surface area contributed by atoms with Gasteiger partial charge in [0.15, 0.2) is 11.5 Å². The number of methoxy groups -OCH3 is 1. The molecule has 0 bridgehead atoms. The third-order valence-electron chi connectivity index (χ3n) is 4.46. The lowest BCUT2D eigenvalue weighted by Crippen LogP contribution is -2.07. The van der Waals surface area contributed by atoms with Crippen LogP contribution in [0.25, 0.3) is 6.08 Å². The number of ether oxygens (including phenoxy) is 3. The Morgan fingerprint density at radius 1 is 1.03 bits per heavy atom. The molecule has 2 aromatic rings. The summed E-state index contributed by atoms with van der Waals surface area (Å²) in [4.78, 5) is 12.2. The number of carbonyl (C=O) groups is 1. The predicted molar refractivity (Wildman–Crippen MR) is 122 cm³/mol. The Morgan fingerprint density at radius 3 is 2.47 bits per heavy atom. The van der Waals surface area contributed by atoms with Crippen LogP contribution in [-0.2, 0) is 4.79 Å². The fourth-order valence-electron chi connectivity index (χ4n) is 2.64. The lowest BCUT2D eigenvalue weighted by Gasteiger charge is -2.12. The van der Waals surface area contributed by atoms with E-state index < -0.39 is 0 Å². The Balaban J connectivity index is 1.90. The summed E-state index contributed by atoms with van der Waals surface area (Å²) in [5.74, 6) is 2.55. The summed E-state index contributed by atoms with van der Waals surface area (Å²) < 4.78 is 16.9. The Kier molecular flexibility index (Phi) is 9.78. The van der Waals surface area contributed by atoms with Gasteiger partial charge in [0.25, 0.3) is 0 Å². The summed E-state index contributed by atoms with van der Waals surface area (Å²) in [7, 11) is 1.61. The van der Waals surface area contributed by atoms with Crippen molar-refractivity contribution in [3.05, 3.63) is 54.1 Å². The van der Waals surface area contributed by atoms with Gasteiger partial charge in [0.2, 0.25) is 5.91 Å². The molecule has 0 saturated carbocycles. The van der Waals surface area contributed by atoms with Crippen molar-refractivity contribution in [2.24, 2.45) is 5.92 Å². The number of carbonyl (C=O) groups excluding carboxylic acids is 1. The van der Waals surface area contributed by atoms with Crippen LogP contribution in [0.5, 0.6) is 17.2 Å². The van der Waals surface area contributed by atoms with Crippen LogP contribution in [-0.4, -0.2) is 26.2 Å². The van der Waals surface area contributed by atoms with E-state index in [1.807, 2.05) is 42.5 Å². The maximum atomic E-state index is 12.2. The summed E-state index contributed by atoms with van der Waals surface area (Å²) in [6.45, 7) is 7.80. The Labute approximate surface area is 180 Å². The zero-order chi connectivity index (χ0) is 21.8. The Hall–Kier alpha value is -2.95. The van der Waals surface area contributed by atoms with Crippen LogP contribution in [0, 0.1) is 5.92 Å². The molecule has 5 heteroatoms. The third kappa shape index (κ3) is 8.19. The average Bonchev–Trinajstić information content (AvgIpc) is 2.74. The minimum absolute atomic E-state index is 0.203. The second-order valence-corrected chi connectivity index (χ2v) is 7.49. The standard InChI is InChI=1S/C25H33NO4/c1-5-6-16-29-22-11-9-21(10-12-22)26-25(27)14-8-20-7-13-23(24(18-20)28-4)30-17-15-19(2)3/h7-14,18-19H,5-6,15-17H2,1-4H3,(H,26,27)/b14-8+. The molecule has 0 radical (unpaired) electrons. The second-order valence-electron chi connectivity index (χ2n) is 7.49. The molecule has 0 unspecified atom stereocenters. The molecule has 0 fully saturated rings. The molecular formula is C25H33NO4. The molecule has 0 aliphatic rings. The smallest absolute Gasteiger partial charge is 0.248 e. The molecule has 0 saturated heterocycles. The lowest BCUT2D eigenvalue weighted by atomic mass is 10.1. The highest BCUT2D eigenvalue weighted by Crippen LogP contribution is 2.29. The maximum absolute atomic E-state index is 12.2. The van der Waals surface area contributed by atoms with Crippen molar-refractivity contribution in [1.29, 1.82) is 0 Å². The molecule has 0 aliphatic carbocycles. The molecule has 5 nitrogen and oxygen atoms in total. The first-order valence-corrected chi connectivity index (χ1v) is 10.5. The molecule has 1 N–H and O–H groups in total. The summed E-state index contributed by atoms with van der Waals surface area (Å²) in [5, 5.41) is 2.85. The van der Waals surface area contributed by atoms with E-state index in [9.17, 15) is 4.79 Å². The number of benzene rings is 2.